The molecule has 0 aromatic rings. The van der Waals surface area contributed by atoms with Crippen molar-refractivity contribution < 1.29 is 28.6 Å². The summed E-state index contributed by atoms with van der Waals surface area (Å²) >= 11 is 0. The van der Waals surface area contributed by atoms with Gasteiger partial charge in [0.25, 0.3) is 0 Å². The van der Waals surface area contributed by atoms with E-state index in [9.17, 15) is 14.4 Å². The maximum Gasteiger partial charge on any atom is 0.306 e. The molecular weight excluding hydrogens is 817 g/mol. The van der Waals surface area contributed by atoms with Gasteiger partial charge in [-0.25, -0.2) is 0 Å². The van der Waals surface area contributed by atoms with Gasteiger partial charge in [-0.15, -0.1) is 0 Å². The number of fused-ring (bicyclic) bond motifs is 15. The lowest BCUT2D eigenvalue weighted by Crippen LogP contribution is -2.39. The normalized spacial score (nSPS) is 50.0. The third-order valence-corrected chi connectivity index (χ3v) is 23.5. The molecule has 372 valence electrons. The van der Waals surface area contributed by atoms with Crippen LogP contribution in [0.1, 0.15) is 215 Å². The Morgan fingerprint density at radius 1 is 0.348 bits per heavy atom. The highest BCUT2D eigenvalue weighted by atomic mass is 16.6. The summed E-state index contributed by atoms with van der Waals surface area (Å²) in [5, 5.41) is 0. The van der Waals surface area contributed by atoms with Crippen molar-refractivity contribution in [2.45, 2.75) is 233 Å². The van der Waals surface area contributed by atoms with Crippen LogP contribution in [0.15, 0.2) is 0 Å². The first-order valence-corrected chi connectivity index (χ1v) is 29.7. The molecule has 0 amide bonds. The van der Waals surface area contributed by atoms with Gasteiger partial charge in [0.1, 0.15) is 18.3 Å². The van der Waals surface area contributed by atoms with Gasteiger partial charge >= 0.3 is 17.9 Å². The molecule has 0 aromatic heterocycles. The first kappa shape index (κ1) is 48.1. The topological polar surface area (TPSA) is 78.9 Å². The van der Waals surface area contributed by atoms with Crippen LogP contribution in [0.3, 0.4) is 0 Å². The van der Waals surface area contributed by atoms with E-state index in [1.54, 1.807) is 0 Å². The highest BCUT2D eigenvalue weighted by Gasteiger charge is 2.62. The maximum absolute atomic E-state index is 11.7. The van der Waals surface area contributed by atoms with Crippen molar-refractivity contribution in [3.63, 3.8) is 0 Å². The molecule has 24 atom stereocenters. The molecule has 3 heterocycles. The van der Waals surface area contributed by atoms with Crippen LogP contribution in [0.25, 0.3) is 0 Å². The van der Waals surface area contributed by atoms with Crippen LogP contribution in [0.5, 0.6) is 0 Å². The number of hydrogen-bond acceptors (Lipinski definition) is 6. The Morgan fingerprint density at radius 2 is 0.727 bits per heavy atom. The minimum Gasteiger partial charge on any atom is -0.462 e. The maximum atomic E-state index is 11.7. The highest BCUT2D eigenvalue weighted by Crippen LogP contribution is 2.69. The van der Waals surface area contributed by atoms with Gasteiger partial charge in [0.2, 0.25) is 0 Å². The smallest absolute Gasteiger partial charge is 0.306 e. The first-order chi connectivity index (χ1) is 32.1. The van der Waals surface area contributed by atoms with Gasteiger partial charge in [-0.1, -0.05) is 80.1 Å². The third-order valence-electron chi connectivity index (χ3n) is 23.5. The fourth-order valence-corrected chi connectivity index (χ4v) is 21.2. The van der Waals surface area contributed by atoms with Crippen molar-refractivity contribution in [3.8, 4) is 0 Å². The quantitative estimate of drug-likeness (QED) is 0.135. The van der Waals surface area contributed by atoms with Gasteiger partial charge in [0.15, 0.2) is 0 Å². The Balaban J connectivity index is 0.000000116. The van der Waals surface area contributed by atoms with E-state index in [0.29, 0.717) is 25.2 Å². The summed E-state index contributed by atoms with van der Waals surface area (Å²) < 4.78 is 16.7. The Labute approximate surface area is 402 Å². The monoisotopic (exact) mass is 913 g/mol. The number of carbonyl (C=O) groups excluding carboxylic acids is 3. The molecule has 6 nitrogen and oxygen atoms in total. The van der Waals surface area contributed by atoms with Gasteiger partial charge in [0, 0.05) is 19.3 Å². The molecule has 3 saturated heterocycles. The summed E-state index contributed by atoms with van der Waals surface area (Å²) in [5.74, 6) is 20.9. The van der Waals surface area contributed by atoms with Crippen molar-refractivity contribution >= 4 is 17.9 Å². The van der Waals surface area contributed by atoms with E-state index in [2.05, 4.69) is 41.5 Å². The summed E-state index contributed by atoms with van der Waals surface area (Å²) in [6.45, 7) is 14.5. The fourth-order valence-electron chi connectivity index (χ4n) is 21.2. The average molecular weight is 913 g/mol. The summed E-state index contributed by atoms with van der Waals surface area (Å²) in [5.41, 5.74) is 0. The second-order valence-corrected chi connectivity index (χ2v) is 25.8. The van der Waals surface area contributed by atoms with Crippen LogP contribution in [0.4, 0.5) is 0 Å². The van der Waals surface area contributed by atoms with Crippen molar-refractivity contribution in [3.05, 3.63) is 0 Å². The molecule has 6 bridgehead atoms. The molecule has 0 spiro atoms. The molecule has 12 aliphatic rings. The van der Waals surface area contributed by atoms with Gasteiger partial charge in [0.05, 0.1) is 0 Å². The summed E-state index contributed by atoms with van der Waals surface area (Å²) in [4.78, 5) is 34.4. The molecule has 24 unspecified atom stereocenters. The molecule has 3 aliphatic heterocycles. The van der Waals surface area contributed by atoms with Crippen LogP contribution in [-0.2, 0) is 28.6 Å². The van der Waals surface area contributed by atoms with Gasteiger partial charge in [-0.05, 0) is 240 Å². The Hall–Kier alpha value is -1.59. The zero-order valence-electron chi connectivity index (χ0n) is 42.9. The largest absolute Gasteiger partial charge is 0.462 e. The number of esters is 3. The average Bonchev–Trinajstić information content (AvgIpc) is 4.19. The van der Waals surface area contributed by atoms with Crippen molar-refractivity contribution in [2.75, 3.05) is 0 Å². The van der Waals surface area contributed by atoms with Gasteiger partial charge in [-0.3, -0.25) is 14.4 Å². The number of carbonyl (C=O) groups is 3. The van der Waals surface area contributed by atoms with Crippen LogP contribution in [0.2, 0.25) is 0 Å². The van der Waals surface area contributed by atoms with Crippen LogP contribution in [-0.4, -0.2) is 36.2 Å². The molecule has 9 aliphatic carbocycles. The third kappa shape index (κ3) is 9.03. The second kappa shape index (κ2) is 20.6. The van der Waals surface area contributed by atoms with E-state index in [-0.39, 0.29) is 36.2 Å². The number of ether oxygens (including phenoxy) is 3. The standard InChI is InChI=1S/C21H34O2.C20H32O2.C19H30O2/c1-3-13-10-14(4-2)21-18-12-16(20(13)21)11-15(18)8-9-17-6-5-7-19(22)23-17;1-3-12-9-13(4-2)20-17-11-15(19(12)20)10-14(17)5-6-16-7-8-18(21)22-16;1-3-11-8-12(4-2)19-15-10-13(18(11)19)9-14(15)16-6-5-7-17(20)21-16/h13-18,20-21H,3-12H2,1-2H3;12-17,19-20H,3-11H2,1-2H3;11-16,18-19H,3-10H2,1-2H3. The first-order valence-electron chi connectivity index (χ1n) is 29.7. The molecule has 9 saturated carbocycles. The highest BCUT2D eigenvalue weighted by molar-refractivity contribution is 5.71. The Morgan fingerprint density at radius 3 is 1.18 bits per heavy atom. The lowest BCUT2D eigenvalue weighted by molar-refractivity contribution is -0.159. The summed E-state index contributed by atoms with van der Waals surface area (Å²) in [7, 11) is 0. The van der Waals surface area contributed by atoms with Crippen molar-refractivity contribution in [1.82, 2.24) is 0 Å². The molecule has 0 aromatic carbocycles. The molecule has 0 radical (unpaired) electrons. The van der Waals surface area contributed by atoms with E-state index in [0.717, 1.165) is 163 Å². The predicted molar refractivity (Wildman–Crippen MR) is 262 cm³/mol. The summed E-state index contributed by atoms with van der Waals surface area (Å²) in [6, 6.07) is 0. The molecule has 6 heteroatoms. The molecule has 0 N–H and O–H groups in total. The van der Waals surface area contributed by atoms with E-state index in [1.165, 1.54) is 109 Å². The lowest BCUT2D eigenvalue weighted by Gasteiger charge is -2.40. The van der Waals surface area contributed by atoms with E-state index in [4.69, 9.17) is 14.2 Å². The predicted octanol–water partition coefficient (Wildman–Crippen LogP) is 14.5. The zero-order chi connectivity index (χ0) is 45.8. The molecule has 12 fully saturated rings. The Bertz CT molecular complexity index is 1670. The number of hydrogen-bond donors (Lipinski definition) is 0. The number of cyclic esters (lactones) is 3. The molecular formula is C60H96O6. The molecule has 66 heavy (non-hydrogen) atoms. The van der Waals surface area contributed by atoms with Crippen molar-refractivity contribution in [2.24, 2.45) is 124 Å². The number of rotatable bonds is 13. The second-order valence-electron chi connectivity index (χ2n) is 25.8. The van der Waals surface area contributed by atoms with E-state index in [1.807, 2.05) is 0 Å². The Kier molecular flexibility index (Phi) is 15.0. The van der Waals surface area contributed by atoms with Gasteiger partial charge in [-0.2, -0.15) is 0 Å². The SMILES string of the molecule is CCC1CC(CC)C2C3CC(CC3C3CCCC(=O)O3)C12.CCC1CC(CC)C2C3CC(CC3CCC3CCC(=O)O3)C12.CCC1CC(CC)C2C3CC(CC3CCC3CCCC(=O)O3)C12. The minimum atomic E-state index is 0.0330. The van der Waals surface area contributed by atoms with Crippen molar-refractivity contribution in [1.29, 1.82) is 0 Å². The molecule has 12 rings (SSSR count). The lowest BCUT2D eigenvalue weighted by atomic mass is 9.68. The van der Waals surface area contributed by atoms with E-state index >= 15 is 0 Å². The van der Waals surface area contributed by atoms with Crippen LogP contribution >= 0.6 is 0 Å². The summed E-state index contributed by atoms with van der Waals surface area (Å²) in [6.07, 6.45) is 34.6. The minimum absolute atomic E-state index is 0.0330. The van der Waals surface area contributed by atoms with Crippen LogP contribution < -0.4 is 0 Å². The van der Waals surface area contributed by atoms with Crippen LogP contribution in [0, 0.1) is 124 Å². The fraction of sp³-hybridized carbons (Fsp3) is 0.950. The zero-order valence-corrected chi connectivity index (χ0v) is 42.9. The van der Waals surface area contributed by atoms with Gasteiger partial charge < -0.3 is 14.2 Å². The van der Waals surface area contributed by atoms with E-state index < -0.39 is 0 Å².